The molecular formula is C13H16INO3. The van der Waals surface area contributed by atoms with E-state index in [2.05, 4.69) is 6.92 Å². The summed E-state index contributed by atoms with van der Waals surface area (Å²) in [5.41, 5.74) is 0.532. The summed E-state index contributed by atoms with van der Waals surface area (Å²) < 4.78 is 6.29. The van der Waals surface area contributed by atoms with E-state index in [4.69, 9.17) is 4.74 Å². The first-order valence-corrected chi connectivity index (χ1v) is 7.09. The first kappa shape index (κ1) is 13.6. The van der Waals surface area contributed by atoms with E-state index < -0.39 is 0 Å². The molecule has 0 aromatic heterocycles. The summed E-state index contributed by atoms with van der Waals surface area (Å²) in [6.45, 7) is 3.88. The lowest BCUT2D eigenvalue weighted by molar-refractivity contribution is -0.0226. The number of phenolic OH excluding ortho intramolecular Hbond substituents is 1. The number of carbonyl (C=O) groups is 1. The molecule has 2 rings (SSSR count). The van der Waals surface area contributed by atoms with Gasteiger partial charge in [0.15, 0.2) is 0 Å². The largest absolute Gasteiger partial charge is 0.507 e. The van der Waals surface area contributed by atoms with Gasteiger partial charge in [0.1, 0.15) is 5.75 Å². The molecule has 1 saturated heterocycles. The van der Waals surface area contributed by atoms with Crippen LogP contribution in [-0.4, -0.2) is 41.7 Å². The molecule has 0 saturated carbocycles. The van der Waals surface area contributed by atoms with Gasteiger partial charge in [0.25, 0.3) is 5.91 Å². The van der Waals surface area contributed by atoms with Gasteiger partial charge in [-0.2, -0.15) is 0 Å². The van der Waals surface area contributed by atoms with Crippen LogP contribution in [0.1, 0.15) is 23.7 Å². The van der Waals surface area contributed by atoms with E-state index in [1.165, 1.54) is 6.07 Å². The van der Waals surface area contributed by atoms with Gasteiger partial charge in [-0.05, 0) is 47.2 Å². The van der Waals surface area contributed by atoms with Gasteiger partial charge >= 0.3 is 0 Å². The molecule has 1 aliphatic rings. The third-order valence-corrected chi connectivity index (χ3v) is 3.99. The number of aromatic hydroxyl groups is 1. The zero-order chi connectivity index (χ0) is 13.1. The van der Waals surface area contributed by atoms with Crippen LogP contribution in [-0.2, 0) is 4.74 Å². The SMILES string of the molecule is CCC1CN(C(=O)c2ccc(I)c(O)c2)CCO1. The Balaban J connectivity index is 2.12. The number of hydrogen-bond donors (Lipinski definition) is 1. The van der Waals surface area contributed by atoms with Crippen LogP contribution in [0.15, 0.2) is 18.2 Å². The van der Waals surface area contributed by atoms with Crippen LogP contribution in [0.3, 0.4) is 0 Å². The van der Waals surface area contributed by atoms with Crippen molar-refractivity contribution in [1.82, 2.24) is 4.90 Å². The second-order valence-electron chi connectivity index (χ2n) is 4.32. The number of hydrogen-bond acceptors (Lipinski definition) is 3. The van der Waals surface area contributed by atoms with Gasteiger partial charge in [0, 0.05) is 18.7 Å². The van der Waals surface area contributed by atoms with Gasteiger partial charge in [-0.1, -0.05) is 6.92 Å². The fourth-order valence-corrected chi connectivity index (χ4v) is 2.31. The molecule has 18 heavy (non-hydrogen) atoms. The molecule has 1 N–H and O–H groups in total. The molecule has 0 radical (unpaired) electrons. The molecule has 0 spiro atoms. The van der Waals surface area contributed by atoms with Crippen LogP contribution >= 0.6 is 22.6 Å². The maximum Gasteiger partial charge on any atom is 0.254 e. The Morgan fingerprint density at radius 1 is 1.61 bits per heavy atom. The van der Waals surface area contributed by atoms with Crippen LogP contribution in [0, 0.1) is 3.57 Å². The molecule has 5 heteroatoms. The molecule has 1 atom stereocenters. The van der Waals surface area contributed by atoms with E-state index in [1.807, 2.05) is 22.6 Å². The number of benzene rings is 1. The van der Waals surface area contributed by atoms with E-state index in [1.54, 1.807) is 17.0 Å². The van der Waals surface area contributed by atoms with Crippen molar-refractivity contribution in [3.63, 3.8) is 0 Å². The van der Waals surface area contributed by atoms with E-state index in [9.17, 15) is 9.90 Å². The maximum absolute atomic E-state index is 12.3. The molecular weight excluding hydrogens is 345 g/mol. The molecule has 1 aromatic carbocycles. The van der Waals surface area contributed by atoms with Crippen molar-refractivity contribution in [2.24, 2.45) is 0 Å². The summed E-state index contributed by atoms with van der Waals surface area (Å²) in [6.07, 6.45) is 1.03. The van der Waals surface area contributed by atoms with Crippen molar-refractivity contribution >= 4 is 28.5 Å². The highest BCUT2D eigenvalue weighted by molar-refractivity contribution is 14.1. The Bertz CT molecular complexity index is 450. The van der Waals surface area contributed by atoms with Gasteiger partial charge in [0.2, 0.25) is 0 Å². The molecule has 0 aliphatic carbocycles. The highest BCUT2D eigenvalue weighted by atomic mass is 127. The van der Waals surface area contributed by atoms with Crippen molar-refractivity contribution in [1.29, 1.82) is 0 Å². The highest BCUT2D eigenvalue weighted by Gasteiger charge is 2.24. The molecule has 4 nitrogen and oxygen atoms in total. The molecule has 98 valence electrons. The summed E-state index contributed by atoms with van der Waals surface area (Å²) in [6, 6.07) is 5.03. The monoisotopic (exact) mass is 361 g/mol. The Kier molecular flexibility index (Phi) is 4.45. The van der Waals surface area contributed by atoms with E-state index >= 15 is 0 Å². The van der Waals surface area contributed by atoms with Gasteiger partial charge in [-0.15, -0.1) is 0 Å². The average Bonchev–Trinajstić information content (AvgIpc) is 2.41. The van der Waals surface area contributed by atoms with Crippen molar-refractivity contribution < 1.29 is 14.6 Å². The van der Waals surface area contributed by atoms with Gasteiger partial charge < -0.3 is 14.7 Å². The number of phenols is 1. The Hall–Kier alpha value is -0.820. The number of ether oxygens (including phenoxy) is 1. The molecule has 1 aromatic rings. The van der Waals surface area contributed by atoms with E-state index in [-0.39, 0.29) is 17.8 Å². The quantitative estimate of drug-likeness (QED) is 0.823. The second kappa shape index (κ2) is 5.88. The second-order valence-corrected chi connectivity index (χ2v) is 5.48. The van der Waals surface area contributed by atoms with Crippen molar-refractivity contribution in [2.75, 3.05) is 19.7 Å². The lowest BCUT2D eigenvalue weighted by atomic mass is 10.1. The number of halogens is 1. The van der Waals surface area contributed by atoms with Crippen LogP contribution in [0.25, 0.3) is 0 Å². The predicted molar refractivity (Wildman–Crippen MR) is 76.8 cm³/mol. The topological polar surface area (TPSA) is 49.8 Å². The zero-order valence-corrected chi connectivity index (χ0v) is 12.4. The third-order valence-electron chi connectivity index (χ3n) is 3.07. The minimum absolute atomic E-state index is 0.0385. The Morgan fingerprint density at radius 3 is 3.06 bits per heavy atom. The smallest absolute Gasteiger partial charge is 0.254 e. The fourth-order valence-electron chi connectivity index (χ4n) is 1.98. The van der Waals surface area contributed by atoms with Gasteiger partial charge in [-0.25, -0.2) is 0 Å². The van der Waals surface area contributed by atoms with Crippen LogP contribution in [0.2, 0.25) is 0 Å². The summed E-state index contributed by atoms with van der Waals surface area (Å²) in [4.78, 5) is 14.1. The van der Waals surface area contributed by atoms with Gasteiger partial charge in [-0.3, -0.25) is 4.79 Å². The molecule has 1 aliphatic heterocycles. The molecule has 1 amide bonds. The van der Waals surface area contributed by atoms with Crippen LogP contribution in [0.5, 0.6) is 5.75 Å². The number of amides is 1. The highest BCUT2D eigenvalue weighted by Crippen LogP contribution is 2.22. The summed E-state index contributed by atoms with van der Waals surface area (Å²) in [5.74, 6) is 0.116. The van der Waals surface area contributed by atoms with Crippen LogP contribution in [0.4, 0.5) is 0 Å². The Labute approximate surface area is 120 Å². The lowest BCUT2D eigenvalue weighted by Gasteiger charge is -2.32. The normalized spacial score (nSPS) is 19.9. The first-order valence-electron chi connectivity index (χ1n) is 6.01. The minimum atomic E-state index is -0.0385. The number of rotatable bonds is 2. The summed E-state index contributed by atoms with van der Waals surface area (Å²) >= 11 is 2.03. The molecule has 1 unspecified atom stereocenters. The zero-order valence-electron chi connectivity index (χ0n) is 10.2. The first-order chi connectivity index (χ1) is 8.61. The summed E-state index contributed by atoms with van der Waals surface area (Å²) in [7, 11) is 0. The van der Waals surface area contributed by atoms with Crippen molar-refractivity contribution in [2.45, 2.75) is 19.4 Å². The third kappa shape index (κ3) is 2.95. The fraction of sp³-hybridized carbons (Fsp3) is 0.462. The van der Waals surface area contributed by atoms with E-state index in [0.29, 0.717) is 25.3 Å². The molecule has 0 bridgehead atoms. The number of morpholine rings is 1. The lowest BCUT2D eigenvalue weighted by Crippen LogP contribution is -2.45. The predicted octanol–water partition coefficient (Wildman–Crippen LogP) is 2.25. The van der Waals surface area contributed by atoms with E-state index in [0.717, 1.165) is 9.99 Å². The van der Waals surface area contributed by atoms with Gasteiger partial charge in [0.05, 0.1) is 16.3 Å². The maximum atomic E-state index is 12.3. The minimum Gasteiger partial charge on any atom is -0.507 e. The molecule has 1 fully saturated rings. The number of carbonyl (C=O) groups excluding carboxylic acids is 1. The molecule has 1 heterocycles. The summed E-state index contributed by atoms with van der Waals surface area (Å²) in [5, 5.41) is 9.64. The standard InChI is InChI=1S/C13H16INO3/c1-2-10-8-15(5-6-18-10)13(17)9-3-4-11(14)12(16)7-9/h3-4,7,10,16H,2,5-6,8H2,1H3. The number of nitrogens with zero attached hydrogens (tertiary/aromatic N) is 1. The average molecular weight is 361 g/mol. The van der Waals surface area contributed by atoms with Crippen molar-refractivity contribution in [3.8, 4) is 5.75 Å². The van der Waals surface area contributed by atoms with Crippen LogP contribution < -0.4 is 0 Å². The Morgan fingerprint density at radius 2 is 2.39 bits per heavy atom. The van der Waals surface area contributed by atoms with Crippen molar-refractivity contribution in [3.05, 3.63) is 27.3 Å².